The van der Waals surface area contributed by atoms with Crippen LogP contribution in [0.15, 0.2) is 59.4 Å². The van der Waals surface area contributed by atoms with E-state index in [0.717, 1.165) is 11.3 Å². The van der Waals surface area contributed by atoms with Gasteiger partial charge in [0.2, 0.25) is 11.5 Å². The fourth-order valence-corrected chi connectivity index (χ4v) is 4.18. The second-order valence-corrected chi connectivity index (χ2v) is 8.66. The van der Waals surface area contributed by atoms with E-state index >= 15 is 0 Å². The number of pyridine rings is 2. The van der Waals surface area contributed by atoms with Crippen LogP contribution in [0, 0.1) is 6.92 Å². The van der Waals surface area contributed by atoms with Crippen LogP contribution in [-0.2, 0) is 10.4 Å². The number of carbonyl (C=O) groups is 1. The smallest absolute Gasteiger partial charge is 0.262 e. The molecule has 1 unspecified atom stereocenters. The standard InChI is InChI=1S/C25H25N7O3/c1-15-6-5-11-26-22(15)16(2)28-24-27-12-9-19(30-24)17-7-4-8-18(29-17)20-14-21(35-31-20)25(34)10-13-32(3)23(25)33/h4-9,11-12,14,16,34H,10,13H2,1-3H3,(H,27,28,30)/t16-,25?/m0/s1. The van der Waals surface area contributed by atoms with Gasteiger partial charge in [-0.25, -0.2) is 15.0 Å². The Kier molecular flexibility index (Phi) is 5.73. The number of aryl methyl sites for hydroxylation is 1. The Balaban J connectivity index is 1.39. The van der Waals surface area contributed by atoms with Crippen LogP contribution in [0.4, 0.5) is 5.95 Å². The number of aliphatic hydroxyl groups is 1. The molecule has 35 heavy (non-hydrogen) atoms. The van der Waals surface area contributed by atoms with Gasteiger partial charge in [0.15, 0.2) is 5.76 Å². The van der Waals surface area contributed by atoms with Gasteiger partial charge < -0.3 is 19.8 Å². The first-order valence-corrected chi connectivity index (χ1v) is 11.3. The van der Waals surface area contributed by atoms with Crippen LogP contribution in [0.2, 0.25) is 0 Å². The van der Waals surface area contributed by atoms with E-state index in [1.165, 1.54) is 4.90 Å². The van der Waals surface area contributed by atoms with Gasteiger partial charge in [0.1, 0.15) is 5.69 Å². The molecule has 0 aliphatic carbocycles. The van der Waals surface area contributed by atoms with Gasteiger partial charge in [0.05, 0.1) is 28.8 Å². The second-order valence-electron chi connectivity index (χ2n) is 8.66. The molecule has 2 N–H and O–H groups in total. The first kappa shape index (κ1) is 22.6. The van der Waals surface area contributed by atoms with Crippen molar-refractivity contribution >= 4 is 11.9 Å². The first-order valence-electron chi connectivity index (χ1n) is 11.3. The van der Waals surface area contributed by atoms with Gasteiger partial charge in [-0.1, -0.05) is 17.3 Å². The molecule has 1 saturated heterocycles. The van der Waals surface area contributed by atoms with Gasteiger partial charge in [0.25, 0.3) is 5.91 Å². The van der Waals surface area contributed by atoms with Gasteiger partial charge in [-0.15, -0.1) is 0 Å². The fraction of sp³-hybridized carbons (Fsp3) is 0.280. The quantitative estimate of drug-likeness (QED) is 0.435. The number of aromatic nitrogens is 5. The van der Waals surface area contributed by atoms with Crippen LogP contribution in [0.25, 0.3) is 22.8 Å². The van der Waals surface area contributed by atoms with Crippen LogP contribution >= 0.6 is 0 Å². The number of anilines is 1. The number of nitrogens with one attached hydrogen (secondary N) is 1. The molecular weight excluding hydrogens is 446 g/mol. The lowest BCUT2D eigenvalue weighted by molar-refractivity contribution is -0.144. The predicted octanol–water partition coefficient (Wildman–Crippen LogP) is 3.12. The van der Waals surface area contributed by atoms with E-state index in [-0.39, 0.29) is 18.2 Å². The van der Waals surface area contributed by atoms with E-state index in [2.05, 4.69) is 30.4 Å². The molecule has 4 aromatic heterocycles. The van der Waals surface area contributed by atoms with Crippen LogP contribution in [0.1, 0.15) is 36.4 Å². The maximum absolute atomic E-state index is 12.4. The number of carbonyl (C=O) groups excluding carboxylic acids is 1. The van der Waals surface area contributed by atoms with Crippen molar-refractivity contribution in [1.82, 2.24) is 30.0 Å². The molecule has 178 valence electrons. The minimum atomic E-state index is -1.70. The maximum Gasteiger partial charge on any atom is 0.262 e. The number of hydrogen-bond acceptors (Lipinski definition) is 9. The molecule has 1 aliphatic rings. The summed E-state index contributed by atoms with van der Waals surface area (Å²) in [6, 6.07) is 12.6. The summed E-state index contributed by atoms with van der Waals surface area (Å²) in [6.45, 7) is 4.47. The molecule has 5 heterocycles. The van der Waals surface area contributed by atoms with E-state index in [0.29, 0.717) is 35.3 Å². The van der Waals surface area contributed by atoms with Crippen molar-refractivity contribution in [3.8, 4) is 22.8 Å². The Morgan fingerprint density at radius 3 is 2.57 bits per heavy atom. The summed E-state index contributed by atoms with van der Waals surface area (Å²) in [4.78, 5) is 31.9. The Morgan fingerprint density at radius 1 is 1.06 bits per heavy atom. The minimum Gasteiger partial charge on any atom is -0.373 e. The number of nitrogens with zero attached hydrogens (tertiary/aromatic N) is 6. The lowest BCUT2D eigenvalue weighted by Gasteiger charge is -2.16. The largest absolute Gasteiger partial charge is 0.373 e. The Labute approximate surface area is 202 Å². The second kappa shape index (κ2) is 8.88. The number of likely N-dealkylation sites (tertiary alicyclic amines) is 1. The highest BCUT2D eigenvalue weighted by Crippen LogP contribution is 2.34. The summed E-state index contributed by atoms with van der Waals surface area (Å²) in [5, 5.41) is 18.2. The topological polar surface area (TPSA) is 130 Å². The average molecular weight is 472 g/mol. The predicted molar refractivity (Wildman–Crippen MR) is 128 cm³/mol. The Hall–Kier alpha value is -4.18. The molecule has 10 heteroatoms. The monoisotopic (exact) mass is 471 g/mol. The first-order chi connectivity index (χ1) is 16.8. The molecule has 0 saturated carbocycles. The van der Waals surface area contributed by atoms with Gasteiger partial charge in [-0.05, 0) is 43.7 Å². The zero-order valence-electron chi connectivity index (χ0n) is 19.6. The van der Waals surface area contributed by atoms with Crippen LogP contribution in [-0.4, -0.2) is 54.6 Å². The third-order valence-corrected chi connectivity index (χ3v) is 6.16. The van der Waals surface area contributed by atoms with E-state index in [9.17, 15) is 9.90 Å². The van der Waals surface area contributed by atoms with Crippen molar-refractivity contribution in [3.63, 3.8) is 0 Å². The molecule has 2 atom stereocenters. The fourth-order valence-electron chi connectivity index (χ4n) is 4.18. The molecule has 0 radical (unpaired) electrons. The van der Waals surface area contributed by atoms with Crippen molar-refractivity contribution in [2.24, 2.45) is 0 Å². The van der Waals surface area contributed by atoms with Crippen molar-refractivity contribution in [1.29, 1.82) is 0 Å². The molecule has 5 rings (SSSR count). The van der Waals surface area contributed by atoms with Crippen molar-refractivity contribution in [2.45, 2.75) is 31.9 Å². The summed E-state index contributed by atoms with van der Waals surface area (Å²) in [5.74, 6) is 0.168. The summed E-state index contributed by atoms with van der Waals surface area (Å²) >= 11 is 0. The zero-order chi connectivity index (χ0) is 24.6. The number of likely N-dealkylation sites (N-methyl/N-ethyl adjacent to an activating group) is 1. The van der Waals surface area contributed by atoms with Crippen molar-refractivity contribution in [3.05, 3.63) is 71.9 Å². The molecule has 0 bridgehead atoms. The highest BCUT2D eigenvalue weighted by Gasteiger charge is 2.48. The third-order valence-electron chi connectivity index (χ3n) is 6.16. The molecule has 10 nitrogen and oxygen atoms in total. The highest BCUT2D eigenvalue weighted by atomic mass is 16.5. The Bertz CT molecular complexity index is 1390. The normalized spacial score (nSPS) is 18.6. The van der Waals surface area contributed by atoms with E-state index in [4.69, 9.17) is 4.52 Å². The Morgan fingerprint density at radius 2 is 1.83 bits per heavy atom. The minimum absolute atomic E-state index is 0.0811. The highest BCUT2D eigenvalue weighted by molar-refractivity contribution is 5.87. The number of amides is 1. The summed E-state index contributed by atoms with van der Waals surface area (Å²) < 4.78 is 5.36. The molecule has 4 aromatic rings. The van der Waals surface area contributed by atoms with Crippen LogP contribution in [0.5, 0.6) is 0 Å². The zero-order valence-corrected chi connectivity index (χ0v) is 19.6. The molecule has 0 aromatic carbocycles. The summed E-state index contributed by atoms with van der Waals surface area (Å²) in [7, 11) is 1.64. The van der Waals surface area contributed by atoms with Gasteiger partial charge in [0, 0.05) is 38.5 Å². The molecule has 1 amide bonds. The van der Waals surface area contributed by atoms with Gasteiger partial charge in [-0.3, -0.25) is 9.78 Å². The van der Waals surface area contributed by atoms with Crippen molar-refractivity contribution in [2.75, 3.05) is 18.9 Å². The lowest BCUT2D eigenvalue weighted by atomic mass is 9.98. The maximum atomic E-state index is 12.4. The van der Waals surface area contributed by atoms with Gasteiger partial charge in [-0.2, -0.15) is 0 Å². The van der Waals surface area contributed by atoms with E-state index in [1.807, 2.05) is 38.1 Å². The van der Waals surface area contributed by atoms with E-state index < -0.39 is 11.5 Å². The van der Waals surface area contributed by atoms with Crippen LogP contribution < -0.4 is 5.32 Å². The molecule has 0 spiro atoms. The summed E-state index contributed by atoms with van der Waals surface area (Å²) in [6.07, 6.45) is 3.68. The lowest BCUT2D eigenvalue weighted by Crippen LogP contribution is -2.35. The molecule has 1 fully saturated rings. The molecule has 1 aliphatic heterocycles. The SMILES string of the molecule is Cc1cccnc1[C@H](C)Nc1nccc(-c2cccc(-c3cc(C4(O)CCN(C)C4=O)on3)n2)n1. The third kappa shape index (κ3) is 4.24. The average Bonchev–Trinajstić information content (AvgIpc) is 3.47. The summed E-state index contributed by atoms with van der Waals surface area (Å²) in [5.41, 5.74) is 2.51. The van der Waals surface area contributed by atoms with Gasteiger partial charge >= 0.3 is 0 Å². The molecular formula is C25H25N7O3. The van der Waals surface area contributed by atoms with E-state index in [1.54, 1.807) is 37.6 Å². The number of hydrogen-bond donors (Lipinski definition) is 2. The number of rotatable bonds is 6. The van der Waals surface area contributed by atoms with Crippen LogP contribution in [0.3, 0.4) is 0 Å². The van der Waals surface area contributed by atoms with Crippen molar-refractivity contribution < 1.29 is 14.4 Å².